The van der Waals surface area contributed by atoms with Crippen molar-refractivity contribution in [1.29, 1.82) is 0 Å². The van der Waals surface area contributed by atoms with Crippen molar-refractivity contribution in [3.05, 3.63) is 34.9 Å². The van der Waals surface area contributed by atoms with E-state index in [-0.39, 0.29) is 18.3 Å². The van der Waals surface area contributed by atoms with E-state index in [1.54, 1.807) is 0 Å². The summed E-state index contributed by atoms with van der Waals surface area (Å²) in [7, 11) is 4.10. The van der Waals surface area contributed by atoms with Gasteiger partial charge in [-0.05, 0) is 32.3 Å². The van der Waals surface area contributed by atoms with E-state index >= 15 is 0 Å². The highest BCUT2D eigenvalue weighted by Crippen LogP contribution is 2.43. The van der Waals surface area contributed by atoms with Crippen molar-refractivity contribution >= 4 is 23.4 Å². The van der Waals surface area contributed by atoms with Gasteiger partial charge in [0.1, 0.15) is 0 Å². The minimum Gasteiger partial charge on any atom is -1.00 e. The lowest BCUT2D eigenvalue weighted by Crippen LogP contribution is -3.00. The summed E-state index contributed by atoms with van der Waals surface area (Å²) in [5.74, 6) is 2.21. The topological polar surface area (TPSA) is 23.5 Å². The van der Waals surface area contributed by atoms with Crippen LogP contribution in [0, 0.1) is 5.92 Å². The molecule has 0 radical (unpaired) electrons. The average molecular weight is 321 g/mol. The first-order valence-corrected chi connectivity index (χ1v) is 7.77. The van der Waals surface area contributed by atoms with Gasteiger partial charge in [0.25, 0.3) is 0 Å². The number of rotatable bonds is 3. The molecule has 1 aromatic carbocycles. The fourth-order valence-corrected chi connectivity index (χ4v) is 4.19. The molecular formula is C14H20Cl2NOS-. The van der Waals surface area contributed by atoms with Gasteiger partial charge in [-0.2, -0.15) is 11.8 Å². The first-order chi connectivity index (χ1) is 8.54. The van der Waals surface area contributed by atoms with Gasteiger partial charge in [0.05, 0.1) is 5.60 Å². The van der Waals surface area contributed by atoms with Crippen LogP contribution in [0.2, 0.25) is 5.02 Å². The van der Waals surface area contributed by atoms with Crippen LogP contribution in [0.4, 0.5) is 0 Å². The molecule has 5 heteroatoms. The molecule has 108 valence electrons. The summed E-state index contributed by atoms with van der Waals surface area (Å²) in [6.45, 7) is 0.884. The molecule has 1 N–H and O–H groups in total. The van der Waals surface area contributed by atoms with Gasteiger partial charge < -0.3 is 22.4 Å². The molecule has 0 amide bonds. The van der Waals surface area contributed by atoms with Crippen molar-refractivity contribution in [3.8, 4) is 0 Å². The summed E-state index contributed by atoms with van der Waals surface area (Å²) < 4.78 is 0. The van der Waals surface area contributed by atoms with Crippen LogP contribution in [0.5, 0.6) is 0 Å². The van der Waals surface area contributed by atoms with E-state index in [2.05, 4.69) is 4.90 Å². The lowest BCUT2D eigenvalue weighted by atomic mass is 9.79. The monoisotopic (exact) mass is 320 g/mol. The number of aliphatic hydroxyl groups is 1. The Hall–Kier alpha value is 0.0700. The normalized spacial score (nSPS) is 27.1. The molecule has 1 fully saturated rings. The zero-order valence-electron chi connectivity index (χ0n) is 11.3. The molecular weight excluding hydrogens is 301 g/mol. The van der Waals surface area contributed by atoms with Crippen LogP contribution in [0.25, 0.3) is 0 Å². The zero-order chi connectivity index (χ0) is 13.2. The summed E-state index contributed by atoms with van der Waals surface area (Å²) in [6, 6.07) is 7.69. The Balaban J connectivity index is 0.00000180. The molecule has 0 aliphatic carbocycles. The molecule has 19 heavy (non-hydrogen) atoms. The number of hydrogen-bond acceptors (Lipinski definition) is 3. The molecule has 2 rings (SSSR count). The number of nitrogens with zero attached hydrogens (tertiary/aromatic N) is 1. The van der Waals surface area contributed by atoms with Gasteiger partial charge in [-0.15, -0.1) is 0 Å². The van der Waals surface area contributed by atoms with Crippen LogP contribution in [-0.2, 0) is 5.60 Å². The van der Waals surface area contributed by atoms with Gasteiger partial charge in [0, 0.05) is 28.8 Å². The Kier molecular flexibility index (Phi) is 6.48. The van der Waals surface area contributed by atoms with E-state index in [0.29, 0.717) is 5.02 Å². The maximum absolute atomic E-state index is 11.1. The second kappa shape index (κ2) is 7.19. The third-order valence-corrected chi connectivity index (χ3v) is 5.01. The summed E-state index contributed by atoms with van der Waals surface area (Å²) in [6.07, 6.45) is 0.778. The van der Waals surface area contributed by atoms with E-state index in [0.717, 1.165) is 30.0 Å². The molecule has 2 atom stereocenters. The molecule has 0 bridgehead atoms. The van der Waals surface area contributed by atoms with Crippen LogP contribution < -0.4 is 12.4 Å². The van der Waals surface area contributed by atoms with Crippen LogP contribution in [-0.4, -0.2) is 42.2 Å². The smallest absolute Gasteiger partial charge is 0.0966 e. The SMILES string of the molecule is CN(C)CC1CSCCC1(O)c1ccccc1Cl.[Cl-]. The third-order valence-electron chi connectivity index (χ3n) is 3.55. The highest BCUT2D eigenvalue weighted by atomic mass is 35.5. The predicted octanol–water partition coefficient (Wildman–Crippen LogP) is -0.154. The van der Waals surface area contributed by atoms with Crippen LogP contribution in [0.3, 0.4) is 0 Å². The Morgan fingerprint density at radius 1 is 1.42 bits per heavy atom. The number of benzene rings is 1. The fraction of sp³-hybridized carbons (Fsp3) is 0.571. The summed E-state index contributed by atoms with van der Waals surface area (Å²) >= 11 is 8.19. The molecule has 0 aromatic heterocycles. The first-order valence-electron chi connectivity index (χ1n) is 6.24. The lowest BCUT2D eigenvalue weighted by molar-refractivity contribution is -0.0292. The highest BCUT2D eigenvalue weighted by molar-refractivity contribution is 7.99. The standard InChI is InChI=1S/C14H20ClNOS.ClH/c1-16(2)9-11-10-18-8-7-14(11,17)12-5-3-4-6-13(12)15;/h3-6,11,17H,7-10H2,1-2H3;1H/p-1. The largest absolute Gasteiger partial charge is 1.00 e. The van der Waals surface area contributed by atoms with Crippen molar-refractivity contribution in [3.63, 3.8) is 0 Å². The molecule has 1 aliphatic heterocycles. The van der Waals surface area contributed by atoms with Gasteiger partial charge >= 0.3 is 0 Å². The molecule has 2 unspecified atom stereocenters. The minimum absolute atomic E-state index is 0. The van der Waals surface area contributed by atoms with Crippen LogP contribution in [0.1, 0.15) is 12.0 Å². The Labute approximate surface area is 130 Å². The van der Waals surface area contributed by atoms with Crippen molar-refractivity contribution in [2.75, 3.05) is 32.1 Å². The third kappa shape index (κ3) is 3.79. The average Bonchev–Trinajstić information content (AvgIpc) is 2.32. The van der Waals surface area contributed by atoms with E-state index in [9.17, 15) is 5.11 Å². The molecule has 0 saturated carbocycles. The Bertz CT molecular complexity index is 416. The predicted molar refractivity (Wildman–Crippen MR) is 79.3 cm³/mol. The molecule has 2 nitrogen and oxygen atoms in total. The maximum atomic E-state index is 11.1. The summed E-state index contributed by atoms with van der Waals surface area (Å²) in [5.41, 5.74) is 0.104. The van der Waals surface area contributed by atoms with Crippen molar-refractivity contribution in [2.45, 2.75) is 12.0 Å². The van der Waals surface area contributed by atoms with E-state index in [4.69, 9.17) is 11.6 Å². The van der Waals surface area contributed by atoms with Crippen molar-refractivity contribution in [1.82, 2.24) is 4.90 Å². The van der Waals surface area contributed by atoms with E-state index in [1.807, 2.05) is 50.1 Å². The van der Waals surface area contributed by atoms with E-state index < -0.39 is 5.60 Å². The van der Waals surface area contributed by atoms with Gasteiger partial charge in [0.15, 0.2) is 0 Å². The van der Waals surface area contributed by atoms with Gasteiger partial charge in [0.2, 0.25) is 0 Å². The van der Waals surface area contributed by atoms with Crippen molar-refractivity contribution < 1.29 is 17.5 Å². The zero-order valence-corrected chi connectivity index (χ0v) is 13.6. The molecule has 1 aromatic rings. The Morgan fingerprint density at radius 3 is 2.74 bits per heavy atom. The van der Waals surface area contributed by atoms with Gasteiger partial charge in [-0.3, -0.25) is 0 Å². The minimum atomic E-state index is -0.784. The molecule has 1 heterocycles. The first kappa shape index (κ1) is 17.1. The van der Waals surface area contributed by atoms with E-state index in [1.165, 1.54) is 0 Å². The number of halogens is 2. The number of thioether (sulfide) groups is 1. The molecule has 1 aliphatic rings. The maximum Gasteiger partial charge on any atom is 0.0966 e. The fourth-order valence-electron chi connectivity index (χ4n) is 2.61. The van der Waals surface area contributed by atoms with Crippen molar-refractivity contribution in [2.24, 2.45) is 5.92 Å². The second-order valence-corrected chi connectivity index (χ2v) is 6.75. The highest BCUT2D eigenvalue weighted by Gasteiger charge is 2.41. The Morgan fingerprint density at radius 2 is 2.11 bits per heavy atom. The van der Waals surface area contributed by atoms with Gasteiger partial charge in [-0.25, -0.2) is 0 Å². The molecule has 0 spiro atoms. The van der Waals surface area contributed by atoms with Gasteiger partial charge in [-0.1, -0.05) is 29.8 Å². The lowest BCUT2D eigenvalue weighted by Gasteiger charge is -2.41. The van der Waals surface area contributed by atoms with Crippen LogP contribution >= 0.6 is 23.4 Å². The summed E-state index contributed by atoms with van der Waals surface area (Å²) in [5, 5.41) is 11.8. The quantitative estimate of drug-likeness (QED) is 0.837. The van der Waals surface area contributed by atoms with Crippen LogP contribution in [0.15, 0.2) is 24.3 Å². The summed E-state index contributed by atoms with van der Waals surface area (Å²) in [4.78, 5) is 2.14. The molecule has 1 saturated heterocycles. The number of hydrogen-bond donors (Lipinski definition) is 1. The second-order valence-electron chi connectivity index (χ2n) is 5.19.